The van der Waals surface area contributed by atoms with Gasteiger partial charge in [0.25, 0.3) is 0 Å². The van der Waals surface area contributed by atoms with E-state index in [4.69, 9.17) is 5.11 Å². The van der Waals surface area contributed by atoms with Crippen LogP contribution in [0.5, 0.6) is 0 Å². The van der Waals surface area contributed by atoms with Gasteiger partial charge in [0.05, 0.1) is 5.92 Å². The monoisotopic (exact) mass is 298 g/mol. The number of hydrogen-bond acceptors (Lipinski definition) is 3. The molecule has 1 heterocycles. The number of carboxylic acids is 1. The molecule has 0 aliphatic carbocycles. The molecule has 0 spiro atoms. The molecule has 21 heavy (non-hydrogen) atoms. The molecule has 3 N–H and O–H groups in total. The summed E-state index contributed by atoms with van der Waals surface area (Å²) < 4.78 is 0. The standard InChI is InChI=1S/C16H30N2O3/c1-11-13(8-10-17-11)15(21)18-9-7-12(16(2,3)4)5-6-14(19)20/h11-13,17H,5-10H2,1-4H3,(H,18,21)(H,19,20). The summed E-state index contributed by atoms with van der Waals surface area (Å²) in [4.78, 5) is 22.9. The van der Waals surface area contributed by atoms with Gasteiger partial charge in [0.2, 0.25) is 5.91 Å². The zero-order valence-corrected chi connectivity index (χ0v) is 13.7. The average Bonchev–Trinajstić information content (AvgIpc) is 2.77. The van der Waals surface area contributed by atoms with Crippen molar-refractivity contribution in [3.8, 4) is 0 Å². The maximum Gasteiger partial charge on any atom is 0.303 e. The second kappa shape index (κ2) is 7.78. The number of nitrogens with one attached hydrogen (secondary N) is 2. The largest absolute Gasteiger partial charge is 0.481 e. The van der Waals surface area contributed by atoms with Gasteiger partial charge in [0.15, 0.2) is 0 Å². The number of rotatable bonds is 7. The topological polar surface area (TPSA) is 78.4 Å². The summed E-state index contributed by atoms with van der Waals surface area (Å²) >= 11 is 0. The van der Waals surface area contributed by atoms with E-state index in [1.54, 1.807) is 0 Å². The van der Waals surface area contributed by atoms with Crippen molar-refractivity contribution in [1.82, 2.24) is 10.6 Å². The second-order valence-corrected chi connectivity index (χ2v) is 7.21. The minimum Gasteiger partial charge on any atom is -0.481 e. The van der Waals surface area contributed by atoms with Gasteiger partial charge in [-0.25, -0.2) is 0 Å². The molecule has 0 bridgehead atoms. The highest BCUT2D eigenvalue weighted by atomic mass is 16.4. The van der Waals surface area contributed by atoms with Crippen LogP contribution in [0, 0.1) is 17.3 Å². The second-order valence-electron chi connectivity index (χ2n) is 7.21. The average molecular weight is 298 g/mol. The lowest BCUT2D eigenvalue weighted by atomic mass is 9.76. The van der Waals surface area contributed by atoms with E-state index in [0.29, 0.717) is 18.9 Å². The molecule has 0 aromatic heterocycles. The highest BCUT2D eigenvalue weighted by molar-refractivity contribution is 5.79. The predicted molar refractivity (Wildman–Crippen MR) is 83.0 cm³/mol. The maximum atomic E-state index is 12.1. The molecule has 1 aliphatic heterocycles. The van der Waals surface area contributed by atoms with Gasteiger partial charge in [0.1, 0.15) is 0 Å². The molecule has 0 radical (unpaired) electrons. The highest BCUT2D eigenvalue weighted by Crippen LogP contribution is 2.32. The van der Waals surface area contributed by atoms with Crippen molar-refractivity contribution in [2.75, 3.05) is 13.1 Å². The number of aliphatic carboxylic acids is 1. The Labute approximate surface area is 127 Å². The molecule has 0 aromatic rings. The van der Waals surface area contributed by atoms with Gasteiger partial charge in [-0.05, 0) is 44.1 Å². The molecule has 0 aromatic carbocycles. The Kier molecular flexibility index (Phi) is 6.65. The fraction of sp³-hybridized carbons (Fsp3) is 0.875. The predicted octanol–water partition coefficient (Wildman–Crippen LogP) is 2.02. The summed E-state index contributed by atoms with van der Waals surface area (Å²) in [6, 6.07) is 0.246. The summed E-state index contributed by atoms with van der Waals surface area (Å²) in [5.74, 6) is -0.261. The van der Waals surface area contributed by atoms with Gasteiger partial charge in [-0.15, -0.1) is 0 Å². The smallest absolute Gasteiger partial charge is 0.303 e. The van der Waals surface area contributed by atoms with Crippen LogP contribution in [0.25, 0.3) is 0 Å². The Morgan fingerprint density at radius 3 is 2.48 bits per heavy atom. The lowest BCUT2D eigenvalue weighted by Crippen LogP contribution is -2.38. The molecule has 5 heteroatoms. The van der Waals surface area contributed by atoms with Gasteiger partial charge in [0, 0.05) is 19.0 Å². The summed E-state index contributed by atoms with van der Waals surface area (Å²) in [6.45, 7) is 9.97. The molecule has 1 rings (SSSR count). The minimum absolute atomic E-state index is 0.0579. The SMILES string of the molecule is CC1NCCC1C(=O)NCCC(CCC(=O)O)C(C)(C)C. The van der Waals surface area contributed by atoms with Crippen molar-refractivity contribution >= 4 is 11.9 Å². The molecule has 1 aliphatic rings. The number of carbonyl (C=O) groups excluding carboxylic acids is 1. The molecule has 3 atom stereocenters. The summed E-state index contributed by atoms with van der Waals surface area (Å²) in [7, 11) is 0. The molecule has 1 saturated heterocycles. The number of amides is 1. The molecular formula is C16H30N2O3. The zero-order valence-electron chi connectivity index (χ0n) is 13.7. The van der Waals surface area contributed by atoms with E-state index in [9.17, 15) is 9.59 Å². The zero-order chi connectivity index (χ0) is 16.0. The third kappa shape index (κ3) is 6.04. The first kappa shape index (κ1) is 18.0. The summed E-state index contributed by atoms with van der Waals surface area (Å²) in [5, 5.41) is 15.1. The van der Waals surface area contributed by atoms with E-state index < -0.39 is 5.97 Å². The molecule has 3 unspecified atom stereocenters. The van der Waals surface area contributed by atoms with Gasteiger partial charge < -0.3 is 15.7 Å². The Hall–Kier alpha value is -1.10. The quantitative estimate of drug-likeness (QED) is 0.672. The first-order chi connectivity index (χ1) is 9.71. The third-order valence-electron chi connectivity index (χ3n) is 4.59. The lowest BCUT2D eigenvalue weighted by Gasteiger charge is -2.30. The van der Waals surface area contributed by atoms with Crippen molar-refractivity contribution in [1.29, 1.82) is 0 Å². The van der Waals surface area contributed by atoms with E-state index in [1.807, 2.05) is 6.92 Å². The Bertz CT molecular complexity index is 363. The Balaban J connectivity index is 2.38. The number of carboxylic acid groups (broad SMARTS) is 1. The van der Waals surface area contributed by atoms with E-state index in [1.165, 1.54) is 0 Å². The van der Waals surface area contributed by atoms with E-state index in [0.717, 1.165) is 19.4 Å². The van der Waals surface area contributed by atoms with Crippen LogP contribution in [0.4, 0.5) is 0 Å². The van der Waals surface area contributed by atoms with Crippen LogP contribution in [0.15, 0.2) is 0 Å². The van der Waals surface area contributed by atoms with Crippen LogP contribution >= 0.6 is 0 Å². The molecule has 5 nitrogen and oxygen atoms in total. The number of carbonyl (C=O) groups is 2. The molecule has 1 amide bonds. The van der Waals surface area contributed by atoms with Crippen LogP contribution in [-0.4, -0.2) is 36.1 Å². The van der Waals surface area contributed by atoms with Crippen LogP contribution in [0.1, 0.15) is 53.4 Å². The minimum atomic E-state index is -0.751. The fourth-order valence-electron chi connectivity index (χ4n) is 3.03. The highest BCUT2D eigenvalue weighted by Gasteiger charge is 2.30. The van der Waals surface area contributed by atoms with E-state index >= 15 is 0 Å². The van der Waals surface area contributed by atoms with Crippen molar-refractivity contribution in [2.45, 2.75) is 59.4 Å². The van der Waals surface area contributed by atoms with Gasteiger partial charge >= 0.3 is 5.97 Å². The summed E-state index contributed by atoms with van der Waals surface area (Å²) in [5.41, 5.74) is 0.0579. The van der Waals surface area contributed by atoms with Gasteiger partial charge in [-0.3, -0.25) is 9.59 Å². The first-order valence-corrected chi connectivity index (χ1v) is 7.94. The van der Waals surface area contributed by atoms with Crippen LogP contribution in [0.2, 0.25) is 0 Å². The Morgan fingerprint density at radius 1 is 1.33 bits per heavy atom. The first-order valence-electron chi connectivity index (χ1n) is 7.94. The molecule has 122 valence electrons. The van der Waals surface area contributed by atoms with Crippen LogP contribution < -0.4 is 10.6 Å². The van der Waals surface area contributed by atoms with Crippen molar-refractivity contribution in [3.05, 3.63) is 0 Å². The van der Waals surface area contributed by atoms with Crippen molar-refractivity contribution < 1.29 is 14.7 Å². The Morgan fingerprint density at radius 2 is 2.00 bits per heavy atom. The third-order valence-corrected chi connectivity index (χ3v) is 4.59. The fourth-order valence-corrected chi connectivity index (χ4v) is 3.03. The van der Waals surface area contributed by atoms with E-state index in [-0.39, 0.29) is 29.7 Å². The van der Waals surface area contributed by atoms with Gasteiger partial charge in [-0.2, -0.15) is 0 Å². The molecular weight excluding hydrogens is 268 g/mol. The maximum absolute atomic E-state index is 12.1. The van der Waals surface area contributed by atoms with Gasteiger partial charge in [-0.1, -0.05) is 20.8 Å². The van der Waals surface area contributed by atoms with E-state index in [2.05, 4.69) is 31.4 Å². The van der Waals surface area contributed by atoms with Crippen LogP contribution in [0.3, 0.4) is 0 Å². The normalized spacial score (nSPS) is 23.8. The number of hydrogen-bond donors (Lipinski definition) is 3. The van der Waals surface area contributed by atoms with Crippen molar-refractivity contribution in [3.63, 3.8) is 0 Å². The lowest BCUT2D eigenvalue weighted by molar-refractivity contribution is -0.137. The van der Waals surface area contributed by atoms with Crippen molar-refractivity contribution in [2.24, 2.45) is 17.3 Å². The molecule has 0 saturated carbocycles. The molecule has 1 fully saturated rings. The van der Waals surface area contributed by atoms with Crippen LogP contribution in [-0.2, 0) is 9.59 Å². The summed E-state index contributed by atoms with van der Waals surface area (Å²) in [6.07, 6.45) is 2.58.